The van der Waals surface area contributed by atoms with Gasteiger partial charge < -0.3 is 14.7 Å². The Bertz CT molecular complexity index is 573. The molecular formula is C17H22F2N2O3. The number of para-hydroxylation sites is 1. The smallest absolute Gasteiger partial charge is 0.283 e. The summed E-state index contributed by atoms with van der Waals surface area (Å²) >= 11 is 0. The zero-order valence-electron chi connectivity index (χ0n) is 13.5. The van der Waals surface area contributed by atoms with Crippen LogP contribution in [-0.2, 0) is 0 Å². The SMILES string of the molecule is C=CCOc1ccccc1C(=O)N1CCN(CC(F)(F)CO)CC1. The Morgan fingerprint density at radius 1 is 1.29 bits per heavy atom. The third kappa shape index (κ3) is 4.75. The summed E-state index contributed by atoms with van der Waals surface area (Å²) in [5, 5.41) is 8.65. The lowest BCUT2D eigenvalue weighted by molar-refractivity contribution is -0.0773. The summed E-state index contributed by atoms with van der Waals surface area (Å²) in [4.78, 5) is 15.8. The van der Waals surface area contributed by atoms with Gasteiger partial charge in [0, 0.05) is 26.2 Å². The summed E-state index contributed by atoms with van der Waals surface area (Å²) in [7, 11) is 0. The van der Waals surface area contributed by atoms with E-state index in [0.717, 1.165) is 0 Å². The molecule has 0 spiro atoms. The number of halogens is 2. The summed E-state index contributed by atoms with van der Waals surface area (Å²) in [6.45, 7) is 3.62. The molecule has 1 saturated heterocycles. The number of carbonyl (C=O) groups is 1. The molecule has 1 heterocycles. The second-order valence-corrected chi connectivity index (χ2v) is 5.68. The lowest BCUT2D eigenvalue weighted by atomic mass is 10.1. The van der Waals surface area contributed by atoms with E-state index in [2.05, 4.69) is 6.58 Å². The lowest BCUT2D eigenvalue weighted by Gasteiger charge is -2.36. The van der Waals surface area contributed by atoms with Crippen molar-refractivity contribution in [3.05, 3.63) is 42.5 Å². The molecule has 0 aliphatic carbocycles. The number of piperazine rings is 1. The number of rotatable bonds is 7. The molecule has 1 aliphatic heterocycles. The van der Waals surface area contributed by atoms with Gasteiger partial charge in [-0.05, 0) is 12.1 Å². The molecule has 1 aromatic rings. The fourth-order valence-electron chi connectivity index (χ4n) is 2.57. The summed E-state index contributed by atoms with van der Waals surface area (Å²) in [6.07, 6.45) is 1.60. The van der Waals surface area contributed by atoms with E-state index in [4.69, 9.17) is 9.84 Å². The van der Waals surface area contributed by atoms with Gasteiger partial charge in [-0.25, -0.2) is 8.78 Å². The van der Waals surface area contributed by atoms with Crippen LogP contribution < -0.4 is 4.74 Å². The van der Waals surface area contributed by atoms with Crippen LogP contribution in [0.2, 0.25) is 0 Å². The average molecular weight is 340 g/mol. The number of aliphatic hydroxyl groups is 1. The van der Waals surface area contributed by atoms with Gasteiger partial charge in [0.15, 0.2) is 0 Å². The first-order valence-electron chi connectivity index (χ1n) is 7.80. The molecule has 0 aromatic heterocycles. The van der Waals surface area contributed by atoms with E-state index in [1.54, 1.807) is 40.1 Å². The van der Waals surface area contributed by atoms with E-state index in [-0.39, 0.29) is 5.91 Å². The van der Waals surface area contributed by atoms with Crippen molar-refractivity contribution in [2.75, 3.05) is 45.9 Å². The topological polar surface area (TPSA) is 53.0 Å². The molecule has 1 fully saturated rings. The van der Waals surface area contributed by atoms with E-state index in [1.165, 1.54) is 0 Å². The quantitative estimate of drug-likeness (QED) is 0.767. The van der Waals surface area contributed by atoms with E-state index in [0.29, 0.717) is 44.1 Å². The van der Waals surface area contributed by atoms with Crippen molar-refractivity contribution in [3.63, 3.8) is 0 Å². The summed E-state index contributed by atoms with van der Waals surface area (Å²) in [5.41, 5.74) is 0.452. The first-order valence-corrected chi connectivity index (χ1v) is 7.80. The first-order chi connectivity index (χ1) is 11.5. The molecular weight excluding hydrogens is 318 g/mol. The monoisotopic (exact) mass is 340 g/mol. The van der Waals surface area contributed by atoms with E-state index in [1.807, 2.05) is 0 Å². The Balaban J connectivity index is 1.97. The molecule has 1 aliphatic rings. The minimum Gasteiger partial charge on any atom is -0.489 e. The van der Waals surface area contributed by atoms with Gasteiger partial charge in [0.25, 0.3) is 11.8 Å². The van der Waals surface area contributed by atoms with Crippen LogP contribution in [0.3, 0.4) is 0 Å². The molecule has 0 atom stereocenters. The van der Waals surface area contributed by atoms with Crippen LogP contribution in [0.4, 0.5) is 8.78 Å². The molecule has 5 nitrogen and oxygen atoms in total. The molecule has 1 aromatic carbocycles. The van der Waals surface area contributed by atoms with Gasteiger partial charge in [0.1, 0.15) is 19.0 Å². The third-order valence-corrected chi connectivity index (χ3v) is 3.82. The van der Waals surface area contributed by atoms with Crippen molar-refractivity contribution in [1.29, 1.82) is 0 Å². The van der Waals surface area contributed by atoms with Gasteiger partial charge in [0.05, 0.1) is 12.1 Å². The number of alkyl halides is 2. The second-order valence-electron chi connectivity index (χ2n) is 5.68. The maximum atomic E-state index is 13.2. The normalized spacial score (nSPS) is 16.0. The van der Waals surface area contributed by atoms with Crippen molar-refractivity contribution in [2.45, 2.75) is 5.92 Å². The highest BCUT2D eigenvalue weighted by Gasteiger charge is 2.33. The maximum absolute atomic E-state index is 13.2. The molecule has 1 N–H and O–H groups in total. The molecule has 0 saturated carbocycles. The number of hydrogen-bond donors (Lipinski definition) is 1. The average Bonchev–Trinajstić information content (AvgIpc) is 2.60. The molecule has 132 valence electrons. The molecule has 7 heteroatoms. The van der Waals surface area contributed by atoms with Crippen molar-refractivity contribution in [1.82, 2.24) is 9.80 Å². The van der Waals surface area contributed by atoms with Crippen LogP contribution in [0, 0.1) is 0 Å². The van der Waals surface area contributed by atoms with Crippen LogP contribution in [0.15, 0.2) is 36.9 Å². The lowest BCUT2D eigenvalue weighted by Crippen LogP contribution is -2.52. The summed E-state index contributed by atoms with van der Waals surface area (Å²) in [5.74, 6) is -2.81. The van der Waals surface area contributed by atoms with Gasteiger partial charge in [-0.1, -0.05) is 24.8 Å². The van der Waals surface area contributed by atoms with E-state index in [9.17, 15) is 13.6 Å². The third-order valence-electron chi connectivity index (χ3n) is 3.82. The van der Waals surface area contributed by atoms with E-state index < -0.39 is 19.1 Å². The van der Waals surface area contributed by atoms with Crippen molar-refractivity contribution in [2.24, 2.45) is 0 Å². The minimum absolute atomic E-state index is 0.178. The van der Waals surface area contributed by atoms with Gasteiger partial charge in [-0.2, -0.15) is 0 Å². The molecule has 2 rings (SSSR count). The van der Waals surface area contributed by atoms with Gasteiger partial charge in [0.2, 0.25) is 0 Å². The zero-order chi connectivity index (χ0) is 17.6. The molecule has 0 unspecified atom stereocenters. The zero-order valence-corrected chi connectivity index (χ0v) is 13.5. The molecule has 1 amide bonds. The number of benzene rings is 1. The standard InChI is InChI=1S/C17H22F2N2O3/c1-2-11-24-15-6-4-3-5-14(15)16(23)21-9-7-20(8-10-21)12-17(18,19)13-22/h2-6,22H,1,7-13H2. The Hall–Kier alpha value is -1.99. The Morgan fingerprint density at radius 3 is 2.58 bits per heavy atom. The van der Waals surface area contributed by atoms with Crippen LogP contribution in [-0.4, -0.2) is 72.7 Å². The first kappa shape index (κ1) is 18.4. The predicted octanol–water partition coefficient (Wildman–Crippen LogP) is 1.64. The van der Waals surface area contributed by atoms with Gasteiger partial charge in [-0.3, -0.25) is 9.69 Å². The molecule has 0 radical (unpaired) electrons. The number of carbonyl (C=O) groups excluding carboxylic acids is 1. The van der Waals surface area contributed by atoms with Crippen molar-refractivity contribution < 1.29 is 23.4 Å². The van der Waals surface area contributed by atoms with Gasteiger partial charge >= 0.3 is 0 Å². The van der Waals surface area contributed by atoms with Crippen LogP contribution >= 0.6 is 0 Å². The number of amides is 1. The fraction of sp³-hybridized carbons (Fsp3) is 0.471. The molecule has 24 heavy (non-hydrogen) atoms. The Kier molecular flexibility index (Phi) is 6.28. The highest BCUT2D eigenvalue weighted by molar-refractivity contribution is 5.97. The van der Waals surface area contributed by atoms with Crippen molar-refractivity contribution in [3.8, 4) is 5.75 Å². The van der Waals surface area contributed by atoms with Gasteiger partial charge in [-0.15, -0.1) is 0 Å². The number of ether oxygens (including phenoxy) is 1. The second kappa shape index (κ2) is 8.21. The van der Waals surface area contributed by atoms with Crippen molar-refractivity contribution >= 4 is 5.91 Å². The Morgan fingerprint density at radius 2 is 1.96 bits per heavy atom. The van der Waals surface area contributed by atoms with Crippen LogP contribution in [0.25, 0.3) is 0 Å². The fourth-order valence-corrected chi connectivity index (χ4v) is 2.57. The summed E-state index contributed by atoms with van der Waals surface area (Å²) < 4.78 is 32.0. The van der Waals surface area contributed by atoms with Crippen LogP contribution in [0.1, 0.15) is 10.4 Å². The largest absolute Gasteiger partial charge is 0.489 e. The Labute approximate surface area is 140 Å². The maximum Gasteiger partial charge on any atom is 0.283 e. The minimum atomic E-state index is -3.11. The number of nitrogens with zero attached hydrogens (tertiary/aromatic N) is 2. The molecule has 0 bridgehead atoms. The highest BCUT2D eigenvalue weighted by Crippen LogP contribution is 2.21. The summed E-state index contributed by atoms with van der Waals surface area (Å²) in [6, 6.07) is 6.94. The predicted molar refractivity (Wildman–Crippen MR) is 86.5 cm³/mol. The van der Waals surface area contributed by atoms with E-state index >= 15 is 0 Å². The highest BCUT2D eigenvalue weighted by atomic mass is 19.3. The number of aliphatic hydroxyl groups excluding tert-OH is 1. The van der Waals surface area contributed by atoms with Crippen LogP contribution in [0.5, 0.6) is 5.75 Å². The number of hydrogen-bond acceptors (Lipinski definition) is 4.